The maximum atomic E-state index is 11.8. The van der Waals surface area contributed by atoms with Crippen LogP contribution in [0.1, 0.15) is 31.1 Å². The molecule has 0 spiro atoms. The van der Waals surface area contributed by atoms with Gasteiger partial charge in [-0.1, -0.05) is 17.2 Å². The monoisotopic (exact) mass is 324 g/mol. The average molecular weight is 325 g/mol. The number of benzene rings is 1. The van der Waals surface area contributed by atoms with E-state index in [0.29, 0.717) is 0 Å². The second-order valence-electron chi connectivity index (χ2n) is 4.76. The first-order valence-corrected chi connectivity index (χ1v) is 6.77. The van der Waals surface area contributed by atoms with Gasteiger partial charge >= 0.3 is 5.97 Å². The van der Waals surface area contributed by atoms with Crippen LogP contribution in [0, 0.1) is 0 Å². The molecule has 0 aliphatic heterocycles. The molecule has 0 fully saturated rings. The van der Waals surface area contributed by atoms with Gasteiger partial charge in [-0.15, -0.1) is 0 Å². The molecule has 0 heterocycles. The number of carbonyl (C=O) groups is 3. The normalized spacial score (nSPS) is 9.68. The molecule has 0 aliphatic rings. The predicted octanol–water partition coefficient (Wildman–Crippen LogP) is 2.99. The zero-order chi connectivity index (χ0) is 16.9. The molecule has 0 aromatic heterocycles. The van der Waals surface area contributed by atoms with E-state index in [0.717, 1.165) is 5.57 Å². The van der Waals surface area contributed by atoms with Crippen LogP contribution in [0.3, 0.4) is 0 Å². The van der Waals surface area contributed by atoms with Gasteiger partial charge in [0.25, 0.3) is 0 Å². The Morgan fingerprint density at radius 3 is 2.23 bits per heavy atom. The Balaban J connectivity index is 3.25. The summed E-state index contributed by atoms with van der Waals surface area (Å²) in [5.41, 5.74) is 1.37. The van der Waals surface area contributed by atoms with Gasteiger partial charge in [0.1, 0.15) is 0 Å². The molecule has 0 saturated carbocycles. The van der Waals surface area contributed by atoms with Crippen LogP contribution >= 0.6 is 11.6 Å². The van der Waals surface area contributed by atoms with Crippen molar-refractivity contribution in [1.29, 1.82) is 0 Å². The van der Waals surface area contributed by atoms with Crippen molar-refractivity contribution in [3.8, 4) is 0 Å². The maximum Gasteiger partial charge on any atom is 0.340 e. The highest BCUT2D eigenvalue weighted by molar-refractivity contribution is 6.34. The quantitative estimate of drug-likeness (QED) is 0.658. The van der Waals surface area contributed by atoms with Crippen molar-refractivity contribution < 1.29 is 19.1 Å². The molecular weight excluding hydrogens is 308 g/mol. The summed E-state index contributed by atoms with van der Waals surface area (Å²) in [4.78, 5) is 34.7. The number of rotatable bonds is 4. The van der Waals surface area contributed by atoms with Gasteiger partial charge in [-0.25, -0.2) is 4.79 Å². The Kier molecular flexibility index (Phi) is 6.12. The first kappa shape index (κ1) is 17.7. The van der Waals surface area contributed by atoms with Gasteiger partial charge in [0.15, 0.2) is 0 Å². The van der Waals surface area contributed by atoms with Crippen LogP contribution in [-0.4, -0.2) is 24.9 Å². The summed E-state index contributed by atoms with van der Waals surface area (Å²) in [7, 11) is 1.22. The third-order valence-corrected chi connectivity index (χ3v) is 2.81. The summed E-state index contributed by atoms with van der Waals surface area (Å²) in [6, 6.07) is 2.74. The third kappa shape index (κ3) is 4.89. The van der Waals surface area contributed by atoms with Crippen LogP contribution < -0.4 is 10.6 Å². The molecule has 1 aromatic carbocycles. The number of nitrogens with one attached hydrogen (secondary N) is 2. The minimum Gasteiger partial charge on any atom is -0.465 e. The van der Waals surface area contributed by atoms with Gasteiger partial charge < -0.3 is 15.4 Å². The molecule has 0 saturated heterocycles. The summed E-state index contributed by atoms with van der Waals surface area (Å²) in [6.45, 7) is 4.86. The number of methoxy groups -OCH3 is 1. The Labute approximate surface area is 133 Å². The number of hydrogen-bond donors (Lipinski definition) is 2. The van der Waals surface area contributed by atoms with E-state index in [1.165, 1.54) is 32.2 Å². The van der Waals surface area contributed by atoms with Crippen molar-refractivity contribution >= 4 is 40.8 Å². The minimum atomic E-state index is -0.655. The molecule has 6 nitrogen and oxygen atoms in total. The second kappa shape index (κ2) is 7.61. The van der Waals surface area contributed by atoms with Crippen LogP contribution in [0.15, 0.2) is 23.8 Å². The van der Waals surface area contributed by atoms with Crippen LogP contribution in [0.25, 0.3) is 0 Å². The van der Waals surface area contributed by atoms with E-state index < -0.39 is 5.97 Å². The topological polar surface area (TPSA) is 84.5 Å². The van der Waals surface area contributed by atoms with E-state index in [1.54, 1.807) is 13.8 Å². The molecule has 0 radical (unpaired) electrons. The van der Waals surface area contributed by atoms with E-state index in [4.69, 9.17) is 11.6 Å². The van der Waals surface area contributed by atoms with Crippen molar-refractivity contribution in [2.75, 3.05) is 17.7 Å². The number of anilines is 2. The van der Waals surface area contributed by atoms with Gasteiger partial charge in [-0.05, 0) is 26.0 Å². The second-order valence-corrected chi connectivity index (χ2v) is 5.17. The summed E-state index contributed by atoms with van der Waals surface area (Å²) in [6.07, 6.45) is 1.40. The van der Waals surface area contributed by atoms with E-state index in [9.17, 15) is 14.4 Å². The van der Waals surface area contributed by atoms with Crippen LogP contribution in [0.4, 0.5) is 11.4 Å². The van der Waals surface area contributed by atoms with Crippen LogP contribution in [-0.2, 0) is 14.3 Å². The van der Waals surface area contributed by atoms with E-state index >= 15 is 0 Å². The fourth-order valence-electron chi connectivity index (χ4n) is 1.67. The molecule has 2 amide bonds. The van der Waals surface area contributed by atoms with E-state index in [-0.39, 0.29) is 33.8 Å². The average Bonchev–Trinajstić information content (AvgIpc) is 2.39. The third-order valence-electron chi connectivity index (χ3n) is 2.50. The first-order valence-electron chi connectivity index (χ1n) is 6.40. The maximum absolute atomic E-state index is 11.8. The summed E-state index contributed by atoms with van der Waals surface area (Å²) < 4.78 is 4.66. The van der Waals surface area contributed by atoms with Crippen molar-refractivity contribution in [2.24, 2.45) is 0 Å². The lowest BCUT2D eigenvalue weighted by Gasteiger charge is -2.13. The number of ether oxygens (including phenoxy) is 1. The molecule has 118 valence electrons. The van der Waals surface area contributed by atoms with Crippen molar-refractivity contribution in [3.05, 3.63) is 34.4 Å². The largest absolute Gasteiger partial charge is 0.465 e. The van der Waals surface area contributed by atoms with Gasteiger partial charge in [-0.2, -0.15) is 0 Å². The highest BCUT2D eigenvalue weighted by Crippen LogP contribution is 2.30. The Morgan fingerprint density at radius 2 is 1.73 bits per heavy atom. The number of amides is 2. The van der Waals surface area contributed by atoms with E-state index in [2.05, 4.69) is 15.4 Å². The molecule has 0 atom stereocenters. The van der Waals surface area contributed by atoms with Crippen LogP contribution in [0.2, 0.25) is 5.02 Å². The lowest BCUT2D eigenvalue weighted by Crippen LogP contribution is -2.14. The SMILES string of the molecule is COC(=O)c1cc(NC(=O)C=C(C)C)c(Cl)cc1NC(C)=O. The fraction of sp³-hybridized carbons (Fsp3) is 0.267. The number of halogens is 1. The molecule has 22 heavy (non-hydrogen) atoms. The zero-order valence-electron chi connectivity index (χ0n) is 12.7. The molecule has 7 heteroatoms. The minimum absolute atomic E-state index is 0.0922. The summed E-state index contributed by atoms with van der Waals surface area (Å²) >= 11 is 6.07. The smallest absolute Gasteiger partial charge is 0.340 e. The standard InChI is InChI=1S/C15H17ClN2O4/c1-8(2)5-14(20)18-13-6-10(15(21)22-4)12(7-11(13)16)17-9(3)19/h5-7H,1-4H3,(H,17,19)(H,18,20). The molecule has 1 rings (SSSR count). The number of hydrogen-bond acceptors (Lipinski definition) is 4. The summed E-state index contributed by atoms with van der Waals surface area (Å²) in [5.74, 6) is -1.38. The van der Waals surface area contributed by atoms with E-state index in [1.807, 2.05) is 0 Å². The lowest BCUT2D eigenvalue weighted by molar-refractivity contribution is -0.114. The first-order chi connectivity index (χ1) is 10.2. The van der Waals surface area contributed by atoms with Crippen molar-refractivity contribution in [1.82, 2.24) is 0 Å². The van der Waals surface area contributed by atoms with Crippen molar-refractivity contribution in [2.45, 2.75) is 20.8 Å². The predicted molar refractivity (Wildman–Crippen MR) is 85.2 cm³/mol. The molecule has 0 bridgehead atoms. The van der Waals surface area contributed by atoms with Gasteiger partial charge in [0.2, 0.25) is 11.8 Å². The number of allylic oxidation sites excluding steroid dienone is 1. The Bertz CT molecular complexity index is 649. The zero-order valence-corrected chi connectivity index (χ0v) is 13.5. The highest BCUT2D eigenvalue weighted by Gasteiger charge is 2.17. The fourth-order valence-corrected chi connectivity index (χ4v) is 1.88. The van der Waals surface area contributed by atoms with Gasteiger partial charge in [0, 0.05) is 13.0 Å². The molecule has 2 N–H and O–H groups in total. The Hall–Kier alpha value is -2.34. The molecular formula is C15H17ClN2O4. The molecule has 1 aromatic rings. The summed E-state index contributed by atoms with van der Waals surface area (Å²) in [5, 5.41) is 5.25. The highest BCUT2D eigenvalue weighted by atomic mass is 35.5. The molecule has 0 aliphatic carbocycles. The van der Waals surface area contributed by atoms with Gasteiger partial charge in [0.05, 0.1) is 29.1 Å². The number of esters is 1. The number of carbonyl (C=O) groups excluding carboxylic acids is 3. The Morgan fingerprint density at radius 1 is 1.09 bits per heavy atom. The van der Waals surface area contributed by atoms with Gasteiger partial charge in [-0.3, -0.25) is 9.59 Å². The molecule has 0 unspecified atom stereocenters. The lowest BCUT2D eigenvalue weighted by atomic mass is 10.1. The van der Waals surface area contributed by atoms with Crippen molar-refractivity contribution in [3.63, 3.8) is 0 Å². The van der Waals surface area contributed by atoms with Crippen LogP contribution in [0.5, 0.6) is 0 Å².